The minimum Gasteiger partial charge on any atom is -0.462 e. The van der Waals surface area contributed by atoms with E-state index >= 15 is 0 Å². The van der Waals surface area contributed by atoms with Gasteiger partial charge >= 0.3 is 5.97 Å². The third kappa shape index (κ3) is 4.50. The summed E-state index contributed by atoms with van der Waals surface area (Å²) in [4.78, 5) is 16.9. The van der Waals surface area contributed by atoms with E-state index in [0.717, 1.165) is 55.4 Å². The Kier molecular flexibility index (Phi) is 7.22. The Bertz CT molecular complexity index is 690. The maximum Gasteiger partial charge on any atom is 0.341 e. The molecule has 2 aromatic heterocycles. The van der Waals surface area contributed by atoms with Gasteiger partial charge in [0, 0.05) is 18.8 Å². The average Bonchev–Trinajstić information content (AvgIpc) is 3.00. The van der Waals surface area contributed by atoms with Gasteiger partial charge in [-0.25, -0.2) is 14.5 Å². The number of ether oxygens (including phenoxy) is 1. The lowest BCUT2D eigenvalue weighted by atomic mass is 10.0. The van der Waals surface area contributed by atoms with Crippen molar-refractivity contribution in [2.24, 2.45) is 0 Å². The van der Waals surface area contributed by atoms with E-state index in [9.17, 15) is 4.79 Å². The van der Waals surface area contributed by atoms with Crippen molar-refractivity contribution in [2.75, 3.05) is 11.9 Å². The first-order chi connectivity index (χ1) is 12.2. The van der Waals surface area contributed by atoms with Crippen molar-refractivity contribution < 1.29 is 9.53 Å². The van der Waals surface area contributed by atoms with Gasteiger partial charge in [0.25, 0.3) is 0 Å². The second kappa shape index (κ2) is 9.39. The highest BCUT2D eigenvalue weighted by Gasteiger charge is 2.21. The van der Waals surface area contributed by atoms with Crippen LogP contribution in [0, 0.1) is 0 Å². The third-order valence-corrected chi connectivity index (χ3v) is 4.22. The second-order valence-electron chi connectivity index (χ2n) is 6.29. The molecule has 0 fully saturated rings. The molecule has 0 radical (unpaired) electrons. The quantitative estimate of drug-likeness (QED) is 0.646. The number of carbonyl (C=O) groups is 1. The number of nitrogens with one attached hydrogen (secondary N) is 1. The molecule has 0 saturated heterocycles. The van der Waals surface area contributed by atoms with Crippen LogP contribution in [0.2, 0.25) is 0 Å². The lowest BCUT2D eigenvalue weighted by Crippen LogP contribution is -2.21. The Morgan fingerprint density at radius 2 is 1.88 bits per heavy atom. The second-order valence-corrected chi connectivity index (χ2v) is 6.29. The fraction of sp³-hybridized carbons (Fsp3) is 0.632. The Morgan fingerprint density at radius 3 is 2.48 bits per heavy atom. The van der Waals surface area contributed by atoms with Gasteiger partial charge in [0.1, 0.15) is 5.56 Å². The predicted octanol–water partition coefficient (Wildman–Crippen LogP) is 4.40. The van der Waals surface area contributed by atoms with Gasteiger partial charge in [-0.1, -0.05) is 33.6 Å². The van der Waals surface area contributed by atoms with Gasteiger partial charge in [0.05, 0.1) is 23.9 Å². The molecular formula is C19H30N4O2. The standard InChI is InChI=1S/C19H30N4O2/c1-5-9-14(10-6-2)22-17-15-13-21-23(11-7-3)18(15)20-12-16(17)19(24)25-8-4/h12-14H,5-11H2,1-4H3,(H,20,22). The van der Waals surface area contributed by atoms with Gasteiger partial charge in [0.15, 0.2) is 5.65 Å². The summed E-state index contributed by atoms with van der Waals surface area (Å²) in [5.74, 6) is -0.339. The number of rotatable bonds is 10. The van der Waals surface area contributed by atoms with Crippen LogP contribution in [0.1, 0.15) is 70.2 Å². The summed E-state index contributed by atoms with van der Waals surface area (Å²) in [5, 5.41) is 8.93. The number of esters is 1. The molecule has 2 rings (SSSR count). The van der Waals surface area contributed by atoms with Crippen LogP contribution in [0.4, 0.5) is 5.69 Å². The molecule has 2 heterocycles. The van der Waals surface area contributed by atoms with E-state index in [0.29, 0.717) is 18.2 Å². The summed E-state index contributed by atoms with van der Waals surface area (Å²) in [5.41, 5.74) is 2.10. The van der Waals surface area contributed by atoms with Gasteiger partial charge in [-0.3, -0.25) is 0 Å². The first-order valence-electron chi connectivity index (χ1n) is 9.44. The molecule has 6 heteroatoms. The van der Waals surface area contributed by atoms with Crippen molar-refractivity contribution in [3.05, 3.63) is 18.0 Å². The van der Waals surface area contributed by atoms with E-state index in [2.05, 4.69) is 36.2 Å². The Labute approximate surface area is 150 Å². The van der Waals surface area contributed by atoms with E-state index < -0.39 is 0 Å². The minimum atomic E-state index is -0.339. The maximum absolute atomic E-state index is 12.4. The highest BCUT2D eigenvalue weighted by molar-refractivity contribution is 6.04. The van der Waals surface area contributed by atoms with Gasteiger partial charge in [-0.15, -0.1) is 0 Å². The summed E-state index contributed by atoms with van der Waals surface area (Å²) in [6.07, 6.45) is 8.70. The molecule has 0 amide bonds. The van der Waals surface area contributed by atoms with Gasteiger partial charge < -0.3 is 10.1 Å². The Morgan fingerprint density at radius 1 is 1.16 bits per heavy atom. The molecule has 0 aliphatic heterocycles. The van der Waals surface area contributed by atoms with E-state index in [4.69, 9.17) is 4.74 Å². The van der Waals surface area contributed by atoms with E-state index in [-0.39, 0.29) is 5.97 Å². The summed E-state index contributed by atoms with van der Waals surface area (Å²) < 4.78 is 7.12. The molecule has 0 bridgehead atoms. The van der Waals surface area contributed by atoms with Crippen LogP contribution in [0.15, 0.2) is 12.4 Å². The molecule has 0 aromatic carbocycles. The predicted molar refractivity (Wildman–Crippen MR) is 101 cm³/mol. The zero-order chi connectivity index (χ0) is 18.2. The summed E-state index contributed by atoms with van der Waals surface area (Å²) in [6.45, 7) is 9.43. The molecule has 0 atom stereocenters. The lowest BCUT2D eigenvalue weighted by molar-refractivity contribution is 0.0527. The summed E-state index contributed by atoms with van der Waals surface area (Å²) in [7, 11) is 0. The number of aryl methyl sites for hydroxylation is 1. The molecule has 2 aromatic rings. The Hall–Kier alpha value is -2.11. The number of carbonyl (C=O) groups excluding carboxylic acids is 1. The van der Waals surface area contributed by atoms with Crippen LogP contribution >= 0.6 is 0 Å². The largest absolute Gasteiger partial charge is 0.462 e. The zero-order valence-corrected chi connectivity index (χ0v) is 15.8. The highest BCUT2D eigenvalue weighted by Crippen LogP contribution is 2.28. The SMILES string of the molecule is CCCC(CCC)Nc1c(C(=O)OCC)cnc2c1cnn2CCC. The van der Waals surface area contributed by atoms with Crippen LogP contribution in [-0.4, -0.2) is 33.4 Å². The summed E-state index contributed by atoms with van der Waals surface area (Å²) >= 11 is 0. The molecule has 0 aliphatic carbocycles. The number of hydrogen-bond donors (Lipinski definition) is 1. The normalized spacial score (nSPS) is 11.2. The highest BCUT2D eigenvalue weighted by atomic mass is 16.5. The molecule has 6 nitrogen and oxygen atoms in total. The number of anilines is 1. The van der Waals surface area contributed by atoms with Crippen molar-refractivity contribution in [1.29, 1.82) is 0 Å². The van der Waals surface area contributed by atoms with Crippen LogP contribution in [-0.2, 0) is 11.3 Å². The molecule has 0 unspecified atom stereocenters. The minimum absolute atomic E-state index is 0.323. The van der Waals surface area contributed by atoms with E-state index in [1.54, 1.807) is 12.4 Å². The zero-order valence-electron chi connectivity index (χ0n) is 15.8. The fourth-order valence-electron chi connectivity index (χ4n) is 3.11. The monoisotopic (exact) mass is 346 g/mol. The van der Waals surface area contributed by atoms with Crippen molar-refractivity contribution in [2.45, 2.75) is 72.4 Å². The average molecular weight is 346 g/mol. The number of fused-ring (bicyclic) bond motifs is 1. The van der Waals surface area contributed by atoms with Gasteiger partial charge in [-0.2, -0.15) is 5.10 Å². The van der Waals surface area contributed by atoms with Crippen LogP contribution in [0.25, 0.3) is 11.0 Å². The number of aromatic nitrogens is 3. The first-order valence-corrected chi connectivity index (χ1v) is 9.44. The Balaban J connectivity index is 2.49. The van der Waals surface area contributed by atoms with Crippen LogP contribution in [0.3, 0.4) is 0 Å². The molecule has 0 saturated carbocycles. The number of pyridine rings is 1. The molecular weight excluding hydrogens is 316 g/mol. The number of nitrogens with zero attached hydrogens (tertiary/aromatic N) is 3. The smallest absolute Gasteiger partial charge is 0.341 e. The van der Waals surface area contributed by atoms with Crippen molar-refractivity contribution in [1.82, 2.24) is 14.8 Å². The fourth-order valence-corrected chi connectivity index (χ4v) is 3.11. The number of hydrogen-bond acceptors (Lipinski definition) is 5. The van der Waals surface area contributed by atoms with Gasteiger partial charge in [0.2, 0.25) is 0 Å². The summed E-state index contributed by atoms with van der Waals surface area (Å²) in [6, 6.07) is 0.323. The van der Waals surface area contributed by atoms with E-state index in [1.807, 2.05) is 11.6 Å². The van der Waals surface area contributed by atoms with Crippen molar-refractivity contribution in [3.8, 4) is 0 Å². The van der Waals surface area contributed by atoms with Gasteiger partial charge in [-0.05, 0) is 26.2 Å². The lowest BCUT2D eigenvalue weighted by Gasteiger charge is -2.21. The molecule has 0 spiro atoms. The van der Waals surface area contributed by atoms with E-state index in [1.165, 1.54) is 0 Å². The molecule has 0 aliphatic rings. The molecule has 138 valence electrons. The molecule has 25 heavy (non-hydrogen) atoms. The van der Waals surface area contributed by atoms with Crippen LogP contribution < -0.4 is 5.32 Å². The topological polar surface area (TPSA) is 69.0 Å². The third-order valence-electron chi connectivity index (χ3n) is 4.22. The first kappa shape index (κ1) is 19.2. The van der Waals surface area contributed by atoms with Crippen LogP contribution in [0.5, 0.6) is 0 Å². The molecule has 1 N–H and O–H groups in total. The van der Waals surface area contributed by atoms with Crippen molar-refractivity contribution >= 4 is 22.7 Å². The maximum atomic E-state index is 12.4. The van der Waals surface area contributed by atoms with Crippen molar-refractivity contribution in [3.63, 3.8) is 0 Å².